The van der Waals surface area contributed by atoms with Gasteiger partial charge < -0.3 is 15.4 Å². The first-order valence-electron chi connectivity index (χ1n) is 9.52. The van der Waals surface area contributed by atoms with Gasteiger partial charge >= 0.3 is 6.09 Å². The fourth-order valence-electron chi connectivity index (χ4n) is 3.08. The molecule has 2 rings (SSSR count). The molecule has 1 aromatic carbocycles. The van der Waals surface area contributed by atoms with E-state index in [1.54, 1.807) is 0 Å². The Bertz CT molecular complexity index is 700. The summed E-state index contributed by atoms with van der Waals surface area (Å²) in [5.41, 5.74) is -0.111. The number of amides is 2. The Morgan fingerprint density at radius 2 is 1.96 bits per heavy atom. The van der Waals surface area contributed by atoms with Crippen LogP contribution >= 0.6 is 11.6 Å². The van der Waals surface area contributed by atoms with E-state index >= 15 is 0 Å². The lowest BCUT2D eigenvalue weighted by molar-refractivity contribution is -0.121. The molecular weight excluding hydrogens is 385 g/mol. The molecule has 1 unspecified atom stereocenters. The third kappa shape index (κ3) is 6.95. The summed E-state index contributed by atoms with van der Waals surface area (Å²) in [5, 5.41) is 5.74. The van der Waals surface area contributed by atoms with Crippen molar-refractivity contribution >= 4 is 29.3 Å². The van der Waals surface area contributed by atoms with Crippen molar-refractivity contribution in [3.8, 4) is 0 Å². The predicted molar refractivity (Wildman–Crippen MR) is 108 cm³/mol. The van der Waals surface area contributed by atoms with Crippen LogP contribution in [0.1, 0.15) is 40.5 Å². The summed E-state index contributed by atoms with van der Waals surface area (Å²) in [6.45, 7) is 9.41. The number of anilines is 1. The summed E-state index contributed by atoms with van der Waals surface area (Å²) >= 11 is 5.97. The van der Waals surface area contributed by atoms with Gasteiger partial charge in [-0.2, -0.15) is 0 Å². The lowest BCUT2D eigenvalue weighted by Crippen LogP contribution is -2.47. The maximum atomic E-state index is 13.1. The molecule has 1 fully saturated rings. The van der Waals surface area contributed by atoms with Crippen molar-refractivity contribution in [2.75, 3.05) is 25.0 Å². The van der Waals surface area contributed by atoms with Gasteiger partial charge in [0.1, 0.15) is 11.4 Å². The second-order valence-electron chi connectivity index (χ2n) is 8.15. The van der Waals surface area contributed by atoms with Crippen molar-refractivity contribution in [1.82, 2.24) is 10.2 Å². The fourth-order valence-corrected chi connectivity index (χ4v) is 3.29. The lowest BCUT2D eigenvalue weighted by Gasteiger charge is -2.35. The van der Waals surface area contributed by atoms with Crippen molar-refractivity contribution in [3.05, 3.63) is 29.0 Å². The molecule has 0 saturated carbocycles. The van der Waals surface area contributed by atoms with Crippen LogP contribution in [0.15, 0.2) is 18.2 Å². The van der Waals surface area contributed by atoms with Gasteiger partial charge in [0, 0.05) is 6.54 Å². The fraction of sp³-hybridized carbons (Fsp3) is 0.600. The van der Waals surface area contributed by atoms with Gasteiger partial charge in [0.05, 0.1) is 16.8 Å². The number of carbonyl (C=O) groups is 2. The van der Waals surface area contributed by atoms with Crippen LogP contribution in [0.3, 0.4) is 0 Å². The summed E-state index contributed by atoms with van der Waals surface area (Å²) in [4.78, 5) is 26.3. The first-order valence-corrected chi connectivity index (χ1v) is 9.90. The normalized spacial score (nSPS) is 17.1. The van der Waals surface area contributed by atoms with E-state index in [0.29, 0.717) is 18.2 Å². The van der Waals surface area contributed by atoms with Crippen molar-refractivity contribution in [3.63, 3.8) is 0 Å². The average molecular weight is 414 g/mol. The minimum Gasteiger partial charge on any atom is -0.444 e. The first kappa shape index (κ1) is 22.4. The molecule has 2 amide bonds. The molecule has 0 radical (unpaired) electrons. The van der Waals surface area contributed by atoms with E-state index in [1.807, 2.05) is 27.7 Å². The van der Waals surface area contributed by atoms with Crippen LogP contribution in [0.4, 0.5) is 14.9 Å². The number of nitrogens with zero attached hydrogens (tertiary/aromatic N) is 1. The van der Waals surface area contributed by atoms with Crippen LogP contribution < -0.4 is 10.6 Å². The number of rotatable bonds is 5. The highest BCUT2D eigenvalue weighted by atomic mass is 35.5. The van der Waals surface area contributed by atoms with E-state index in [2.05, 4.69) is 15.5 Å². The summed E-state index contributed by atoms with van der Waals surface area (Å²) < 4.78 is 18.4. The zero-order chi connectivity index (χ0) is 20.9. The monoisotopic (exact) mass is 413 g/mol. The number of benzene rings is 1. The summed E-state index contributed by atoms with van der Waals surface area (Å²) in [6.07, 6.45) is 1.36. The zero-order valence-corrected chi connectivity index (χ0v) is 17.6. The molecule has 0 bridgehead atoms. The van der Waals surface area contributed by atoms with Gasteiger partial charge in [-0.05, 0) is 77.7 Å². The third-order valence-corrected chi connectivity index (χ3v) is 5.01. The highest BCUT2D eigenvalue weighted by Gasteiger charge is 2.27. The Morgan fingerprint density at radius 3 is 2.54 bits per heavy atom. The summed E-state index contributed by atoms with van der Waals surface area (Å²) in [7, 11) is 0. The van der Waals surface area contributed by atoms with Gasteiger partial charge in [-0.15, -0.1) is 0 Å². The SMILES string of the molecule is CC(C(=O)Nc1ccc(F)cc1Cl)N1CCC(CNC(=O)OC(C)(C)C)CC1. The Kier molecular flexibility index (Phi) is 7.66. The highest BCUT2D eigenvalue weighted by Crippen LogP contribution is 2.24. The smallest absolute Gasteiger partial charge is 0.407 e. The number of alkyl carbamates (subject to hydrolysis) is 1. The molecule has 156 valence electrons. The number of hydrogen-bond acceptors (Lipinski definition) is 4. The van der Waals surface area contributed by atoms with E-state index in [4.69, 9.17) is 16.3 Å². The van der Waals surface area contributed by atoms with Crippen LogP contribution in [0.5, 0.6) is 0 Å². The van der Waals surface area contributed by atoms with Crippen molar-refractivity contribution in [2.45, 2.75) is 52.2 Å². The molecule has 28 heavy (non-hydrogen) atoms. The van der Waals surface area contributed by atoms with Crippen LogP contribution in [-0.2, 0) is 9.53 Å². The molecule has 1 saturated heterocycles. The Hall–Kier alpha value is -1.86. The average Bonchev–Trinajstić information content (AvgIpc) is 2.60. The molecule has 1 aliphatic rings. The summed E-state index contributed by atoms with van der Waals surface area (Å²) in [5.74, 6) is -0.275. The van der Waals surface area contributed by atoms with Crippen LogP contribution in [0, 0.1) is 11.7 Å². The molecule has 1 aromatic rings. The highest BCUT2D eigenvalue weighted by molar-refractivity contribution is 6.33. The van der Waals surface area contributed by atoms with Gasteiger partial charge in [-0.3, -0.25) is 9.69 Å². The topological polar surface area (TPSA) is 70.7 Å². The third-order valence-electron chi connectivity index (χ3n) is 4.70. The van der Waals surface area contributed by atoms with E-state index in [1.165, 1.54) is 18.2 Å². The van der Waals surface area contributed by atoms with Gasteiger partial charge in [-0.1, -0.05) is 11.6 Å². The number of carbonyl (C=O) groups excluding carboxylic acids is 2. The molecule has 1 aliphatic heterocycles. The minimum absolute atomic E-state index is 0.174. The van der Waals surface area contributed by atoms with Crippen molar-refractivity contribution in [2.24, 2.45) is 5.92 Å². The maximum Gasteiger partial charge on any atom is 0.407 e. The predicted octanol–water partition coefficient (Wildman–Crippen LogP) is 4.04. The summed E-state index contributed by atoms with van der Waals surface area (Å²) in [6, 6.07) is 3.55. The van der Waals surface area contributed by atoms with Gasteiger partial charge in [0.2, 0.25) is 5.91 Å². The minimum atomic E-state index is -0.510. The van der Waals surface area contributed by atoms with Crippen molar-refractivity contribution < 1.29 is 18.7 Å². The quantitative estimate of drug-likeness (QED) is 0.764. The van der Waals surface area contributed by atoms with Crippen LogP contribution in [0.25, 0.3) is 0 Å². The molecule has 0 aliphatic carbocycles. The van der Waals surface area contributed by atoms with E-state index in [-0.39, 0.29) is 17.0 Å². The van der Waals surface area contributed by atoms with E-state index < -0.39 is 17.5 Å². The Balaban J connectivity index is 1.77. The molecule has 6 nitrogen and oxygen atoms in total. The largest absolute Gasteiger partial charge is 0.444 e. The number of ether oxygens (including phenoxy) is 1. The number of halogens is 2. The molecular formula is C20H29ClFN3O3. The molecule has 0 spiro atoms. The van der Waals surface area contributed by atoms with Crippen molar-refractivity contribution in [1.29, 1.82) is 0 Å². The zero-order valence-electron chi connectivity index (χ0n) is 16.9. The van der Waals surface area contributed by atoms with Gasteiger partial charge in [0.25, 0.3) is 0 Å². The molecule has 8 heteroatoms. The Labute approximate surface area is 170 Å². The molecule has 1 heterocycles. The molecule has 1 atom stereocenters. The second-order valence-corrected chi connectivity index (χ2v) is 8.56. The van der Waals surface area contributed by atoms with Gasteiger partial charge in [-0.25, -0.2) is 9.18 Å². The lowest BCUT2D eigenvalue weighted by atomic mass is 9.96. The second kappa shape index (κ2) is 9.56. The molecule has 0 aromatic heterocycles. The Morgan fingerprint density at radius 1 is 1.32 bits per heavy atom. The van der Waals surface area contributed by atoms with E-state index in [0.717, 1.165) is 25.9 Å². The number of piperidine rings is 1. The maximum absolute atomic E-state index is 13.1. The van der Waals surface area contributed by atoms with Crippen LogP contribution in [-0.4, -0.2) is 48.2 Å². The van der Waals surface area contributed by atoms with Crippen LogP contribution in [0.2, 0.25) is 5.02 Å². The first-order chi connectivity index (χ1) is 13.0. The van der Waals surface area contributed by atoms with E-state index in [9.17, 15) is 14.0 Å². The number of nitrogens with one attached hydrogen (secondary N) is 2. The molecule has 2 N–H and O–H groups in total. The standard InChI is InChI=1S/C20H29ClFN3O3/c1-13(18(26)24-17-6-5-15(22)11-16(17)21)25-9-7-14(8-10-25)12-23-19(27)28-20(2,3)4/h5-6,11,13-14H,7-10,12H2,1-4H3,(H,23,27)(H,24,26). The number of likely N-dealkylation sites (tertiary alicyclic amines) is 1. The van der Waals surface area contributed by atoms with Gasteiger partial charge in [0.15, 0.2) is 0 Å². The number of hydrogen-bond donors (Lipinski definition) is 2.